The van der Waals surface area contributed by atoms with Crippen LogP contribution in [0.15, 0.2) is 54.6 Å². The minimum Gasteiger partial charge on any atom is -0.487 e. The molecule has 0 fully saturated rings. The molecule has 0 bridgehead atoms. The SMILES string of the molecule is CCCCCCCCCCc1ccccc1OC(CC)COC(=O)C(C)C[N+](C)(C)Cc1ccccc1. The van der Waals surface area contributed by atoms with Crippen LogP contribution in [0, 0.1) is 5.92 Å². The minimum absolute atomic E-state index is 0.136. The van der Waals surface area contributed by atoms with Crippen molar-refractivity contribution >= 4 is 5.97 Å². The molecule has 4 nitrogen and oxygen atoms in total. The number of rotatable bonds is 19. The number of carbonyl (C=O) groups is 1. The summed E-state index contributed by atoms with van der Waals surface area (Å²) >= 11 is 0. The molecule has 0 saturated heterocycles. The molecule has 0 N–H and O–H groups in total. The van der Waals surface area contributed by atoms with Crippen LogP contribution < -0.4 is 4.74 Å². The molecule has 0 aromatic heterocycles. The van der Waals surface area contributed by atoms with E-state index in [0.717, 1.165) is 36.2 Å². The van der Waals surface area contributed by atoms with E-state index in [0.29, 0.717) is 0 Å². The van der Waals surface area contributed by atoms with Crippen molar-refractivity contribution in [3.05, 3.63) is 65.7 Å². The lowest BCUT2D eigenvalue weighted by molar-refractivity contribution is -0.905. The van der Waals surface area contributed by atoms with Crippen LogP contribution >= 0.6 is 0 Å². The molecule has 0 aliphatic rings. The Morgan fingerprint density at radius 1 is 0.838 bits per heavy atom. The van der Waals surface area contributed by atoms with Crippen molar-refractivity contribution < 1.29 is 18.8 Å². The van der Waals surface area contributed by atoms with Crippen molar-refractivity contribution in [1.29, 1.82) is 0 Å². The van der Waals surface area contributed by atoms with Gasteiger partial charge in [-0.05, 0) is 37.8 Å². The predicted molar refractivity (Wildman–Crippen MR) is 155 cm³/mol. The second kappa shape index (κ2) is 17.2. The zero-order valence-corrected chi connectivity index (χ0v) is 24.2. The van der Waals surface area contributed by atoms with Gasteiger partial charge in [-0.1, -0.05) is 107 Å². The molecule has 4 heteroatoms. The smallest absolute Gasteiger partial charge is 0.314 e. The molecule has 0 heterocycles. The van der Waals surface area contributed by atoms with E-state index < -0.39 is 0 Å². The third-order valence-electron chi connectivity index (χ3n) is 7.06. The Balaban J connectivity index is 1.78. The first-order chi connectivity index (χ1) is 17.8. The van der Waals surface area contributed by atoms with Crippen LogP contribution in [0.1, 0.15) is 89.7 Å². The fourth-order valence-electron chi connectivity index (χ4n) is 4.96. The lowest BCUT2D eigenvalue weighted by Crippen LogP contribution is -2.44. The molecule has 2 aromatic rings. The van der Waals surface area contributed by atoms with Gasteiger partial charge < -0.3 is 14.0 Å². The van der Waals surface area contributed by atoms with Crippen LogP contribution in [-0.4, -0.2) is 43.8 Å². The normalized spacial score (nSPS) is 13.2. The van der Waals surface area contributed by atoms with Crippen molar-refractivity contribution in [3.63, 3.8) is 0 Å². The third-order valence-corrected chi connectivity index (χ3v) is 7.06. The first-order valence-electron chi connectivity index (χ1n) is 14.6. The molecule has 2 rings (SSSR count). The number of hydrogen-bond donors (Lipinski definition) is 0. The molecule has 0 saturated carbocycles. The number of quaternary nitrogens is 1. The van der Waals surface area contributed by atoms with Crippen molar-refractivity contribution in [2.24, 2.45) is 5.92 Å². The lowest BCUT2D eigenvalue weighted by atomic mass is 10.0. The van der Waals surface area contributed by atoms with Crippen LogP contribution in [0.3, 0.4) is 0 Å². The van der Waals surface area contributed by atoms with E-state index in [-0.39, 0.29) is 24.6 Å². The Morgan fingerprint density at radius 3 is 2.14 bits per heavy atom. The van der Waals surface area contributed by atoms with Crippen LogP contribution in [0.4, 0.5) is 0 Å². The number of aryl methyl sites for hydroxylation is 1. The van der Waals surface area contributed by atoms with Crippen LogP contribution in [0.5, 0.6) is 5.75 Å². The van der Waals surface area contributed by atoms with E-state index in [4.69, 9.17) is 9.47 Å². The number of carbonyl (C=O) groups excluding carboxylic acids is 1. The van der Waals surface area contributed by atoms with Crippen LogP contribution in [-0.2, 0) is 22.5 Å². The van der Waals surface area contributed by atoms with Crippen LogP contribution in [0.25, 0.3) is 0 Å². The van der Waals surface area contributed by atoms with Crippen molar-refractivity contribution in [2.45, 2.75) is 97.6 Å². The summed E-state index contributed by atoms with van der Waals surface area (Å²) in [5, 5.41) is 0. The molecular formula is C33H52NO3+. The fraction of sp³-hybridized carbons (Fsp3) is 0.606. The summed E-state index contributed by atoms with van der Waals surface area (Å²) < 4.78 is 12.8. The monoisotopic (exact) mass is 510 g/mol. The Morgan fingerprint density at radius 2 is 1.46 bits per heavy atom. The van der Waals surface area contributed by atoms with Gasteiger partial charge in [0.15, 0.2) is 0 Å². The van der Waals surface area contributed by atoms with Crippen molar-refractivity contribution in [2.75, 3.05) is 27.2 Å². The van der Waals surface area contributed by atoms with Crippen LogP contribution in [0.2, 0.25) is 0 Å². The number of benzene rings is 2. The number of unbranched alkanes of at least 4 members (excludes halogenated alkanes) is 7. The summed E-state index contributed by atoms with van der Waals surface area (Å²) in [6.07, 6.45) is 12.2. The fourth-order valence-corrected chi connectivity index (χ4v) is 4.96. The summed E-state index contributed by atoms with van der Waals surface area (Å²) in [6, 6.07) is 18.8. The number of nitrogens with zero attached hydrogens (tertiary/aromatic N) is 1. The Hall–Kier alpha value is -2.33. The maximum Gasteiger partial charge on any atom is 0.314 e. The summed E-state index contributed by atoms with van der Waals surface area (Å²) in [4.78, 5) is 12.8. The highest BCUT2D eigenvalue weighted by atomic mass is 16.6. The summed E-state index contributed by atoms with van der Waals surface area (Å²) in [7, 11) is 4.33. The van der Waals surface area contributed by atoms with E-state index in [9.17, 15) is 4.79 Å². The molecule has 0 aliphatic heterocycles. The largest absolute Gasteiger partial charge is 0.487 e. The predicted octanol–water partition coefficient (Wildman–Crippen LogP) is 7.98. The Bertz CT molecular complexity index is 880. The molecular weight excluding hydrogens is 458 g/mol. The average Bonchev–Trinajstić information content (AvgIpc) is 2.88. The quantitative estimate of drug-likeness (QED) is 0.109. The molecule has 0 radical (unpaired) electrons. The summed E-state index contributed by atoms with van der Waals surface area (Å²) in [5.74, 6) is 0.612. The van der Waals surface area contributed by atoms with Crippen molar-refractivity contribution in [1.82, 2.24) is 0 Å². The van der Waals surface area contributed by atoms with E-state index >= 15 is 0 Å². The maximum atomic E-state index is 12.8. The second-order valence-corrected chi connectivity index (χ2v) is 11.3. The van der Waals surface area contributed by atoms with Gasteiger partial charge in [-0.3, -0.25) is 4.79 Å². The zero-order chi connectivity index (χ0) is 26.9. The van der Waals surface area contributed by atoms with Gasteiger partial charge in [0.1, 0.15) is 30.9 Å². The minimum atomic E-state index is -0.175. The molecule has 37 heavy (non-hydrogen) atoms. The summed E-state index contributed by atoms with van der Waals surface area (Å²) in [6.45, 7) is 8.22. The van der Waals surface area contributed by atoms with Gasteiger partial charge in [0.2, 0.25) is 0 Å². The van der Waals surface area contributed by atoms with Gasteiger partial charge in [-0.15, -0.1) is 0 Å². The van der Waals surface area contributed by atoms with Crippen molar-refractivity contribution in [3.8, 4) is 5.75 Å². The maximum absolute atomic E-state index is 12.8. The molecule has 2 unspecified atom stereocenters. The highest BCUT2D eigenvalue weighted by Gasteiger charge is 2.26. The van der Waals surface area contributed by atoms with Gasteiger partial charge in [-0.25, -0.2) is 0 Å². The molecule has 0 aliphatic carbocycles. The van der Waals surface area contributed by atoms with E-state index in [1.54, 1.807) is 0 Å². The highest BCUT2D eigenvalue weighted by Crippen LogP contribution is 2.23. The lowest BCUT2D eigenvalue weighted by Gasteiger charge is -2.32. The zero-order valence-electron chi connectivity index (χ0n) is 24.2. The van der Waals surface area contributed by atoms with Gasteiger partial charge in [-0.2, -0.15) is 0 Å². The topological polar surface area (TPSA) is 35.5 Å². The third kappa shape index (κ3) is 12.6. The highest BCUT2D eigenvalue weighted by molar-refractivity contribution is 5.72. The summed E-state index contributed by atoms with van der Waals surface area (Å²) in [5.41, 5.74) is 2.53. The number of hydrogen-bond acceptors (Lipinski definition) is 3. The van der Waals surface area contributed by atoms with E-state index in [2.05, 4.69) is 70.4 Å². The Kier molecular flexibility index (Phi) is 14.4. The molecule has 0 amide bonds. The molecule has 206 valence electrons. The first kappa shape index (κ1) is 30.9. The Labute approximate surface area is 227 Å². The molecule has 2 atom stereocenters. The first-order valence-corrected chi connectivity index (χ1v) is 14.6. The average molecular weight is 511 g/mol. The number of para-hydroxylation sites is 1. The van der Waals surface area contributed by atoms with Gasteiger partial charge in [0.05, 0.1) is 20.6 Å². The molecule has 2 aromatic carbocycles. The van der Waals surface area contributed by atoms with Gasteiger partial charge >= 0.3 is 5.97 Å². The second-order valence-electron chi connectivity index (χ2n) is 11.3. The number of esters is 1. The van der Waals surface area contributed by atoms with E-state index in [1.807, 2.05) is 19.1 Å². The van der Waals surface area contributed by atoms with E-state index in [1.165, 1.54) is 62.5 Å². The van der Waals surface area contributed by atoms with Gasteiger partial charge in [0.25, 0.3) is 0 Å². The number of ether oxygens (including phenoxy) is 2. The van der Waals surface area contributed by atoms with Gasteiger partial charge in [0, 0.05) is 5.56 Å². The molecule has 0 spiro atoms. The standard InChI is InChI=1S/C33H52NO3/c1-6-8-9-10-11-12-13-17-22-30-23-18-19-24-32(30)37-31(7-2)27-36-33(35)28(3)25-34(4,5)26-29-20-15-14-16-21-29/h14-16,18-21,23-24,28,31H,6-13,17,22,25-27H2,1-5H3/q+1.